The van der Waals surface area contributed by atoms with Crippen LogP contribution in [0.5, 0.6) is 0 Å². The lowest BCUT2D eigenvalue weighted by Gasteiger charge is -2.37. The van der Waals surface area contributed by atoms with Crippen molar-refractivity contribution in [2.24, 2.45) is 0 Å². The molecular weight excluding hydrogens is 428 g/mol. The van der Waals surface area contributed by atoms with Gasteiger partial charge in [0.1, 0.15) is 0 Å². The van der Waals surface area contributed by atoms with Gasteiger partial charge in [0, 0.05) is 30.1 Å². The molecule has 1 fully saturated rings. The summed E-state index contributed by atoms with van der Waals surface area (Å²) >= 11 is 0. The van der Waals surface area contributed by atoms with Gasteiger partial charge in [-0.3, -0.25) is 5.32 Å². The topological polar surface area (TPSA) is 40.4 Å². The zero-order chi connectivity index (χ0) is 23.5. The average molecular weight is 459 g/mol. The van der Waals surface area contributed by atoms with Crippen molar-refractivity contribution in [2.75, 3.05) is 13.2 Å². The van der Waals surface area contributed by atoms with E-state index in [4.69, 9.17) is 4.74 Å². The second-order valence-electron chi connectivity index (χ2n) is 9.38. The highest BCUT2D eigenvalue weighted by Gasteiger charge is 2.35. The molecule has 35 heavy (non-hydrogen) atoms. The molecule has 6 rings (SSSR count). The number of H-pyrrole nitrogens is 1. The highest BCUT2D eigenvalue weighted by molar-refractivity contribution is 5.84. The van der Waals surface area contributed by atoms with Crippen LogP contribution in [-0.2, 0) is 23.1 Å². The molecule has 1 atom stereocenters. The van der Waals surface area contributed by atoms with Crippen molar-refractivity contribution in [3.8, 4) is 0 Å². The number of nitrogens with one attached hydrogen (secondary N) is 2. The fourth-order valence-electron chi connectivity index (χ4n) is 5.26. The summed E-state index contributed by atoms with van der Waals surface area (Å²) in [4.78, 5) is 3.47. The molecule has 0 radical (unpaired) electrons. The number of ether oxygens (including phenoxy) is 1. The quantitative estimate of drug-likeness (QED) is 0.203. The number of rotatable bonds is 9. The van der Waals surface area contributed by atoms with E-state index in [1.165, 1.54) is 38.7 Å². The van der Waals surface area contributed by atoms with Crippen molar-refractivity contribution in [1.29, 1.82) is 0 Å². The van der Waals surface area contributed by atoms with Gasteiger partial charge in [-0.1, -0.05) is 97.1 Å². The summed E-state index contributed by atoms with van der Waals surface area (Å²) in [6.45, 7) is 1.73. The van der Waals surface area contributed by atoms with Crippen LogP contribution in [-0.4, -0.2) is 24.2 Å². The predicted molar refractivity (Wildman–Crippen MR) is 143 cm³/mol. The van der Waals surface area contributed by atoms with Crippen LogP contribution in [0, 0.1) is 0 Å². The highest BCUT2D eigenvalue weighted by atomic mass is 16.6. The second kappa shape index (κ2) is 9.53. The molecule has 0 amide bonds. The third-order valence-corrected chi connectivity index (χ3v) is 7.10. The van der Waals surface area contributed by atoms with Gasteiger partial charge in [-0.2, -0.15) is 0 Å². The van der Waals surface area contributed by atoms with Crippen molar-refractivity contribution in [2.45, 2.75) is 24.5 Å². The Kier molecular flexibility index (Phi) is 5.95. The Balaban J connectivity index is 1.35. The third kappa shape index (κ3) is 4.41. The maximum Gasteiger partial charge on any atom is 0.0948 e. The fraction of sp³-hybridized carbons (Fsp3) is 0.188. The first kappa shape index (κ1) is 21.8. The number of hydrogen-bond donors (Lipinski definition) is 2. The van der Waals surface area contributed by atoms with Gasteiger partial charge in [0.2, 0.25) is 0 Å². The lowest BCUT2D eigenvalue weighted by atomic mass is 9.77. The number of fused-ring (bicyclic) bond motifs is 1. The first-order valence-electron chi connectivity index (χ1n) is 12.4. The fourth-order valence-corrected chi connectivity index (χ4v) is 5.26. The summed E-state index contributed by atoms with van der Waals surface area (Å²) in [6.07, 6.45) is 4.49. The second-order valence-corrected chi connectivity index (χ2v) is 9.38. The van der Waals surface area contributed by atoms with Crippen molar-refractivity contribution in [3.05, 3.63) is 143 Å². The van der Waals surface area contributed by atoms with Gasteiger partial charge in [0.05, 0.1) is 18.2 Å². The predicted octanol–water partition coefficient (Wildman–Crippen LogP) is 6.23. The minimum absolute atomic E-state index is 0.403. The first-order chi connectivity index (χ1) is 17.3. The van der Waals surface area contributed by atoms with E-state index in [1.54, 1.807) is 0 Å². The van der Waals surface area contributed by atoms with Crippen LogP contribution in [0.2, 0.25) is 0 Å². The van der Waals surface area contributed by atoms with E-state index in [0.29, 0.717) is 6.10 Å². The van der Waals surface area contributed by atoms with Crippen molar-refractivity contribution < 1.29 is 4.74 Å². The summed E-state index contributed by atoms with van der Waals surface area (Å²) in [5.41, 5.74) is 7.16. The van der Waals surface area contributed by atoms with Crippen LogP contribution < -0.4 is 5.32 Å². The minimum Gasteiger partial charge on any atom is -0.373 e. The molecule has 2 N–H and O–H groups in total. The molecule has 1 saturated heterocycles. The molecule has 2 heterocycles. The van der Waals surface area contributed by atoms with E-state index in [9.17, 15) is 0 Å². The molecule has 4 aromatic carbocycles. The highest BCUT2D eigenvalue weighted by Crippen LogP contribution is 2.36. The Morgan fingerprint density at radius 1 is 0.771 bits per heavy atom. The lowest BCUT2D eigenvalue weighted by Crippen LogP contribution is -2.45. The van der Waals surface area contributed by atoms with E-state index < -0.39 is 5.54 Å². The molecule has 0 spiro atoms. The van der Waals surface area contributed by atoms with Gasteiger partial charge in [-0.25, -0.2) is 0 Å². The van der Waals surface area contributed by atoms with Gasteiger partial charge in [-0.15, -0.1) is 0 Å². The van der Waals surface area contributed by atoms with E-state index in [-0.39, 0.29) is 0 Å². The van der Waals surface area contributed by atoms with Crippen molar-refractivity contribution in [3.63, 3.8) is 0 Å². The van der Waals surface area contributed by atoms with Crippen LogP contribution in [0.25, 0.3) is 10.9 Å². The smallest absolute Gasteiger partial charge is 0.0948 e. The zero-order valence-electron chi connectivity index (χ0n) is 19.8. The van der Waals surface area contributed by atoms with E-state index in [1.807, 2.05) is 0 Å². The Morgan fingerprint density at radius 2 is 1.34 bits per heavy atom. The van der Waals surface area contributed by atoms with Gasteiger partial charge >= 0.3 is 0 Å². The standard InChI is InChI=1S/C32H30N2O/c1-4-10-26(11-5-1)32(27-12-6-2-7-13-27,28-14-8-3-9-15-28)34-19-18-25-22-33-31-17-16-24(21-30(25)31)20-29-23-35-29/h1-17,21-22,29,33-34H,18-20,23H2. The summed E-state index contributed by atoms with van der Waals surface area (Å²) in [5.74, 6) is 0. The maximum atomic E-state index is 5.45. The summed E-state index contributed by atoms with van der Waals surface area (Å²) in [5, 5.41) is 5.32. The normalized spacial score (nSPS) is 15.4. The zero-order valence-corrected chi connectivity index (χ0v) is 19.8. The largest absolute Gasteiger partial charge is 0.373 e. The van der Waals surface area contributed by atoms with Gasteiger partial charge in [0.15, 0.2) is 0 Å². The monoisotopic (exact) mass is 458 g/mol. The Morgan fingerprint density at radius 3 is 1.89 bits per heavy atom. The summed E-state index contributed by atoms with van der Waals surface area (Å²) < 4.78 is 5.45. The molecule has 5 aromatic rings. The lowest BCUT2D eigenvalue weighted by molar-refractivity contribution is 0.407. The van der Waals surface area contributed by atoms with Crippen LogP contribution >= 0.6 is 0 Å². The van der Waals surface area contributed by atoms with E-state index in [2.05, 4.69) is 126 Å². The minimum atomic E-state index is -0.440. The molecular formula is C32H30N2O. The molecule has 1 aliphatic rings. The number of aromatic nitrogens is 1. The Labute approximate surface area is 206 Å². The number of hydrogen-bond acceptors (Lipinski definition) is 2. The molecule has 0 bridgehead atoms. The van der Waals surface area contributed by atoms with Crippen LogP contribution in [0.1, 0.15) is 27.8 Å². The van der Waals surface area contributed by atoms with Crippen molar-refractivity contribution in [1.82, 2.24) is 10.3 Å². The van der Waals surface area contributed by atoms with Crippen LogP contribution in [0.4, 0.5) is 0 Å². The first-order valence-corrected chi connectivity index (χ1v) is 12.4. The molecule has 1 unspecified atom stereocenters. The van der Waals surface area contributed by atoms with Gasteiger partial charge < -0.3 is 9.72 Å². The molecule has 0 aliphatic carbocycles. The van der Waals surface area contributed by atoms with E-state index in [0.717, 1.165) is 26.0 Å². The number of aromatic amines is 1. The molecule has 0 saturated carbocycles. The average Bonchev–Trinajstić information content (AvgIpc) is 3.66. The van der Waals surface area contributed by atoms with E-state index >= 15 is 0 Å². The molecule has 174 valence electrons. The van der Waals surface area contributed by atoms with Crippen LogP contribution in [0.3, 0.4) is 0 Å². The summed E-state index contributed by atoms with van der Waals surface area (Å²) in [6, 6.07) is 39.1. The Hall–Kier alpha value is -3.66. The molecule has 3 heteroatoms. The number of benzene rings is 4. The number of epoxide rings is 1. The van der Waals surface area contributed by atoms with Gasteiger partial charge in [-0.05, 0) is 46.4 Å². The third-order valence-electron chi connectivity index (χ3n) is 7.10. The maximum absolute atomic E-state index is 5.45. The molecule has 1 aliphatic heterocycles. The Bertz CT molecular complexity index is 1290. The van der Waals surface area contributed by atoms with Gasteiger partial charge in [0.25, 0.3) is 0 Å². The molecule has 3 nitrogen and oxygen atoms in total. The van der Waals surface area contributed by atoms with Crippen molar-refractivity contribution >= 4 is 10.9 Å². The SMILES string of the molecule is c1ccc(C(NCCc2c[nH]c3ccc(CC4CO4)cc23)(c2ccccc2)c2ccccc2)cc1. The molecule has 1 aromatic heterocycles. The summed E-state index contributed by atoms with van der Waals surface area (Å²) in [7, 11) is 0. The van der Waals surface area contributed by atoms with Crippen LogP contribution in [0.15, 0.2) is 115 Å².